The van der Waals surface area contributed by atoms with E-state index in [4.69, 9.17) is 14.5 Å². The molecule has 1 heterocycles. The number of carbonyl (C=O) groups is 1. The van der Waals surface area contributed by atoms with Crippen molar-refractivity contribution in [2.45, 2.75) is 43.6 Å². The van der Waals surface area contributed by atoms with Gasteiger partial charge in [-0.05, 0) is 52.0 Å². The number of rotatable bonds is 6. The van der Waals surface area contributed by atoms with Crippen molar-refractivity contribution in [3.8, 4) is 17.2 Å². The Balaban J connectivity index is 2.15. The zero-order chi connectivity index (χ0) is 22.8. The number of hydrogen-bond donors (Lipinski definition) is 1. The number of nitrogens with zero attached hydrogens (tertiary/aromatic N) is 2. The van der Waals surface area contributed by atoms with Crippen LogP contribution in [0.4, 0.5) is 0 Å². The van der Waals surface area contributed by atoms with Gasteiger partial charge in [-0.15, -0.1) is 0 Å². The Bertz CT molecular complexity index is 1170. The molecule has 3 aromatic rings. The number of thioether (sulfide) groups is 1. The average molecular weight is 442 g/mol. The van der Waals surface area contributed by atoms with Crippen LogP contribution in [0.25, 0.3) is 16.6 Å². The molecule has 0 saturated heterocycles. The molecule has 1 N–H and O–H groups in total. The minimum Gasteiger partial charge on any atom is -0.493 e. The van der Waals surface area contributed by atoms with Crippen molar-refractivity contribution in [3.63, 3.8) is 0 Å². The van der Waals surface area contributed by atoms with Crippen LogP contribution in [-0.2, 0) is 4.79 Å². The van der Waals surface area contributed by atoms with E-state index < -0.39 is 5.25 Å². The Morgan fingerprint density at radius 2 is 1.77 bits per heavy atom. The summed E-state index contributed by atoms with van der Waals surface area (Å²) in [5.41, 5.74) is 0.580. The number of aromatic nitrogens is 2. The molecular weight excluding hydrogens is 414 g/mol. The highest BCUT2D eigenvalue weighted by Gasteiger charge is 2.23. The fourth-order valence-electron chi connectivity index (χ4n) is 3.07. The van der Waals surface area contributed by atoms with Crippen LogP contribution in [0.5, 0.6) is 11.5 Å². The zero-order valence-corrected chi connectivity index (χ0v) is 19.4. The van der Waals surface area contributed by atoms with Gasteiger partial charge in [-0.2, -0.15) is 0 Å². The highest BCUT2D eigenvalue weighted by Crippen LogP contribution is 2.31. The molecule has 31 heavy (non-hydrogen) atoms. The van der Waals surface area contributed by atoms with Crippen molar-refractivity contribution < 1.29 is 14.3 Å². The number of carbonyl (C=O) groups excluding carboxylic acids is 1. The maximum absolute atomic E-state index is 13.4. The maximum Gasteiger partial charge on any atom is 0.266 e. The van der Waals surface area contributed by atoms with Gasteiger partial charge >= 0.3 is 0 Å². The molecule has 0 bridgehead atoms. The van der Waals surface area contributed by atoms with Crippen LogP contribution in [0.3, 0.4) is 0 Å². The number of para-hydroxylation sites is 1. The van der Waals surface area contributed by atoms with Crippen LogP contribution >= 0.6 is 11.8 Å². The fourth-order valence-corrected chi connectivity index (χ4v) is 3.99. The molecule has 0 fully saturated rings. The third kappa shape index (κ3) is 5.02. The molecule has 0 radical (unpaired) electrons. The van der Waals surface area contributed by atoms with E-state index in [1.807, 2.05) is 26.8 Å². The number of methoxy groups -OCH3 is 2. The van der Waals surface area contributed by atoms with E-state index >= 15 is 0 Å². The van der Waals surface area contributed by atoms with Crippen molar-refractivity contribution in [2.24, 2.45) is 0 Å². The van der Waals surface area contributed by atoms with Crippen LogP contribution in [0.15, 0.2) is 52.4 Å². The molecule has 0 aliphatic heterocycles. The van der Waals surface area contributed by atoms with E-state index in [1.54, 1.807) is 50.4 Å². The highest BCUT2D eigenvalue weighted by molar-refractivity contribution is 8.00. The summed E-state index contributed by atoms with van der Waals surface area (Å²) in [4.78, 5) is 30.8. The molecule has 1 aromatic heterocycles. The fraction of sp³-hybridized carbons (Fsp3) is 0.348. The zero-order valence-electron chi connectivity index (χ0n) is 18.6. The van der Waals surface area contributed by atoms with Crippen LogP contribution in [-0.4, -0.2) is 40.5 Å². The Morgan fingerprint density at radius 1 is 1.10 bits per heavy atom. The quantitative estimate of drug-likeness (QED) is 0.463. The number of amides is 1. The molecule has 0 aliphatic carbocycles. The lowest BCUT2D eigenvalue weighted by Gasteiger charge is -2.23. The van der Waals surface area contributed by atoms with Crippen molar-refractivity contribution in [1.29, 1.82) is 0 Å². The molecule has 0 saturated carbocycles. The largest absolute Gasteiger partial charge is 0.493 e. The normalized spacial score (nSPS) is 12.5. The van der Waals surface area contributed by atoms with Gasteiger partial charge in [-0.1, -0.05) is 23.9 Å². The Hall–Kier alpha value is -3.00. The van der Waals surface area contributed by atoms with Crippen LogP contribution in [0.1, 0.15) is 27.7 Å². The van der Waals surface area contributed by atoms with Crippen molar-refractivity contribution in [2.75, 3.05) is 14.2 Å². The number of benzene rings is 2. The summed E-state index contributed by atoms with van der Waals surface area (Å²) >= 11 is 1.23. The third-order valence-corrected chi connectivity index (χ3v) is 5.57. The SMILES string of the molecule is COc1ccc(-n2c(SC(C)C(=O)NC(C)(C)C)nc3ccccc3c2=O)cc1OC. The van der Waals surface area contributed by atoms with Gasteiger partial charge in [0.05, 0.1) is 36.1 Å². The molecule has 3 rings (SSSR count). The first-order valence-corrected chi connectivity index (χ1v) is 10.8. The second-order valence-electron chi connectivity index (χ2n) is 8.09. The highest BCUT2D eigenvalue weighted by atomic mass is 32.2. The van der Waals surface area contributed by atoms with Gasteiger partial charge < -0.3 is 14.8 Å². The molecule has 7 nitrogen and oxygen atoms in total. The van der Waals surface area contributed by atoms with E-state index in [1.165, 1.54) is 23.4 Å². The van der Waals surface area contributed by atoms with Crippen LogP contribution < -0.4 is 20.3 Å². The van der Waals surface area contributed by atoms with Gasteiger partial charge in [0.25, 0.3) is 5.56 Å². The summed E-state index contributed by atoms with van der Waals surface area (Å²) < 4.78 is 12.2. The number of fused-ring (bicyclic) bond motifs is 1. The monoisotopic (exact) mass is 441 g/mol. The van der Waals surface area contributed by atoms with Crippen LogP contribution in [0.2, 0.25) is 0 Å². The molecule has 1 atom stereocenters. The molecule has 0 aliphatic rings. The lowest BCUT2D eigenvalue weighted by molar-refractivity contribution is -0.121. The van der Waals surface area contributed by atoms with E-state index in [0.29, 0.717) is 33.2 Å². The molecule has 164 valence electrons. The molecular formula is C23H27N3O4S. The van der Waals surface area contributed by atoms with E-state index in [-0.39, 0.29) is 17.0 Å². The topological polar surface area (TPSA) is 82.5 Å². The summed E-state index contributed by atoms with van der Waals surface area (Å²) in [5, 5.41) is 3.43. The van der Waals surface area contributed by atoms with Gasteiger partial charge in [0.2, 0.25) is 5.91 Å². The number of hydrogen-bond acceptors (Lipinski definition) is 6. The second-order valence-corrected chi connectivity index (χ2v) is 9.40. The molecule has 0 spiro atoms. The van der Waals surface area contributed by atoms with Crippen LogP contribution in [0, 0.1) is 0 Å². The molecule has 1 unspecified atom stereocenters. The Morgan fingerprint density at radius 3 is 2.42 bits per heavy atom. The van der Waals surface area contributed by atoms with Crippen molar-refractivity contribution in [3.05, 3.63) is 52.8 Å². The molecule has 1 amide bonds. The predicted octanol–water partition coefficient (Wildman–Crippen LogP) is 3.80. The van der Waals surface area contributed by atoms with Gasteiger partial charge in [-0.25, -0.2) is 4.98 Å². The van der Waals surface area contributed by atoms with Gasteiger partial charge in [0.15, 0.2) is 16.7 Å². The Labute approximate surface area is 185 Å². The molecule has 2 aromatic carbocycles. The van der Waals surface area contributed by atoms with E-state index in [2.05, 4.69) is 5.32 Å². The first kappa shape index (κ1) is 22.7. The first-order chi connectivity index (χ1) is 14.6. The van der Waals surface area contributed by atoms with Gasteiger partial charge in [-0.3, -0.25) is 14.2 Å². The summed E-state index contributed by atoms with van der Waals surface area (Å²) in [5.74, 6) is 0.925. The average Bonchev–Trinajstić information content (AvgIpc) is 2.72. The number of nitrogens with one attached hydrogen (secondary N) is 1. The number of ether oxygens (including phenoxy) is 2. The summed E-state index contributed by atoms with van der Waals surface area (Å²) in [6.07, 6.45) is 0. The Kier molecular flexibility index (Phi) is 6.59. The smallest absolute Gasteiger partial charge is 0.266 e. The first-order valence-electron chi connectivity index (χ1n) is 9.87. The minimum atomic E-state index is -0.460. The third-order valence-electron chi connectivity index (χ3n) is 4.52. The van der Waals surface area contributed by atoms with Gasteiger partial charge in [0, 0.05) is 11.6 Å². The summed E-state index contributed by atoms with van der Waals surface area (Å²) in [6.45, 7) is 7.58. The predicted molar refractivity (Wildman–Crippen MR) is 124 cm³/mol. The standard InChI is InChI=1S/C23H27N3O4S/c1-14(20(27)25-23(2,3)4)31-22-24-17-10-8-7-9-16(17)21(28)26(22)15-11-12-18(29-5)19(13-15)30-6/h7-14H,1-6H3,(H,25,27). The summed E-state index contributed by atoms with van der Waals surface area (Å²) in [6, 6.07) is 12.4. The second kappa shape index (κ2) is 9.01. The lowest BCUT2D eigenvalue weighted by atomic mass is 10.1. The van der Waals surface area contributed by atoms with Crippen molar-refractivity contribution >= 4 is 28.6 Å². The molecule has 8 heteroatoms. The lowest BCUT2D eigenvalue weighted by Crippen LogP contribution is -2.44. The minimum absolute atomic E-state index is 0.126. The summed E-state index contributed by atoms with van der Waals surface area (Å²) in [7, 11) is 3.09. The van der Waals surface area contributed by atoms with Gasteiger partial charge in [0.1, 0.15) is 0 Å². The van der Waals surface area contributed by atoms with E-state index in [0.717, 1.165) is 0 Å². The van der Waals surface area contributed by atoms with Crippen molar-refractivity contribution in [1.82, 2.24) is 14.9 Å². The van der Waals surface area contributed by atoms with E-state index in [9.17, 15) is 9.59 Å². The maximum atomic E-state index is 13.4.